The maximum Gasteiger partial charge on any atom is 0.322 e. The van der Waals surface area contributed by atoms with Gasteiger partial charge in [-0.3, -0.25) is 10.1 Å². The molecule has 0 aliphatic carbocycles. The summed E-state index contributed by atoms with van der Waals surface area (Å²) in [5.74, 6) is -0.325. The minimum absolute atomic E-state index is 0.143. The molecule has 2 aromatic rings. The lowest BCUT2D eigenvalue weighted by Gasteiger charge is -2.36. The van der Waals surface area contributed by atoms with Crippen molar-refractivity contribution >= 4 is 40.9 Å². The third-order valence-corrected chi connectivity index (χ3v) is 5.48. The average Bonchev–Trinajstić information content (AvgIpc) is 3.06. The quantitative estimate of drug-likeness (QED) is 0.653. The van der Waals surface area contributed by atoms with Crippen LogP contribution in [0.3, 0.4) is 0 Å². The van der Waals surface area contributed by atoms with E-state index in [4.69, 9.17) is 11.6 Å². The number of hydrogen-bond acceptors (Lipinski definition) is 4. The molecule has 5 amide bonds. The van der Waals surface area contributed by atoms with Gasteiger partial charge in [-0.25, -0.2) is 9.59 Å². The summed E-state index contributed by atoms with van der Waals surface area (Å²) in [5, 5.41) is 8.40. The zero-order valence-electron chi connectivity index (χ0n) is 16.2. The summed E-state index contributed by atoms with van der Waals surface area (Å²) in [6, 6.07) is 13.8. The zero-order chi connectivity index (χ0) is 21.1. The van der Waals surface area contributed by atoms with Gasteiger partial charge in [-0.15, -0.1) is 0 Å². The highest BCUT2D eigenvalue weighted by Gasteiger charge is 2.29. The van der Waals surface area contributed by atoms with Crippen molar-refractivity contribution in [3.05, 3.63) is 59.1 Å². The number of anilines is 2. The Morgan fingerprint density at radius 1 is 1.07 bits per heavy atom. The summed E-state index contributed by atoms with van der Waals surface area (Å²) < 4.78 is 0. The number of amides is 5. The number of halogens is 1. The standard InChI is InChI=1S/C21H22ClN5O3/c22-15-2-1-3-17(13-15)26-8-10-27(11-9-26)21(30)23-16-6-4-14(5-7-16)12-18-19(28)25-20(29)24-18/h1-7,13,18H,8-12H2,(H,23,30)(H2,24,25,28,29)/t18-/m1/s1. The van der Waals surface area contributed by atoms with Crippen LogP contribution in [0.25, 0.3) is 0 Å². The molecule has 2 fully saturated rings. The Balaban J connectivity index is 1.28. The van der Waals surface area contributed by atoms with Crippen LogP contribution >= 0.6 is 11.6 Å². The van der Waals surface area contributed by atoms with Crippen LogP contribution in [-0.4, -0.2) is 55.1 Å². The number of urea groups is 2. The van der Waals surface area contributed by atoms with E-state index in [1.807, 2.05) is 36.4 Å². The highest BCUT2D eigenvalue weighted by atomic mass is 35.5. The fourth-order valence-corrected chi connectivity index (χ4v) is 3.79. The first-order chi connectivity index (χ1) is 14.5. The lowest BCUT2D eigenvalue weighted by molar-refractivity contribution is -0.120. The molecule has 4 rings (SSSR count). The normalized spacial score (nSPS) is 18.8. The first kappa shape index (κ1) is 20.0. The van der Waals surface area contributed by atoms with Gasteiger partial charge in [0.15, 0.2) is 0 Å². The van der Waals surface area contributed by atoms with E-state index >= 15 is 0 Å². The van der Waals surface area contributed by atoms with Gasteiger partial charge in [0.1, 0.15) is 6.04 Å². The Morgan fingerprint density at radius 2 is 1.80 bits per heavy atom. The number of nitrogens with zero attached hydrogens (tertiary/aromatic N) is 2. The molecular weight excluding hydrogens is 406 g/mol. The Bertz CT molecular complexity index is 957. The van der Waals surface area contributed by atoms with Gasteiger partial charge in [0, 0.05) is 49.0 Å². The zero-order valence-corrected chi connectivity index (χ0v) is 17.0. The van der Waals surface area contributed by atoms with E-state index in [0.717, 1.165) is 24.3 Å². The SMILES string of the molecule is O=C1NC(=O)[C@@H](Cc2ccc(NC(=O)N3CCN(c4cccc(Cl)c4)CC3)cc2)N1. The number of rotatable bonds is 4. The maximum atomic E-state index is 12.6. The number of piperazine rings is 1. The molecule has 8 nitrogen and oxygen atoms in total. The van der Waals surface area contributed by atoms with Crippen molar-refractivity contribution in [1.29, 1.82) is 0 Å². The molecule has 2 aliphatic rings. The molecule has 2 aliphatic heterocycles. The number of benzene rings is 2. The van der Waals surface area contributed by atoms with Gasteiger partial charge in [0.05, 0.1) is 0 Å². The smallest absolute Gasteiger partial charge is 0.322 e. The van der Waals surface area contributed by atoms with Gasteiger partial charge in [0.2, 0.25) is 0 Å². The summed E-state index contributed by atoms with van der Waals surface area (Å²) in [4.78, 5) is 39.4. The highest BCUT2D eigenvalue weighted by molar-refractivity contribution is 6.30. The van der Waals surface area contributed by atoms with Gasteiger partial charge in [-0.05, 0) is 35.9 Å². The molecule has 1 atom stereocenters. The van der Waals surface area contributed by atoms with Crippen LogP contribution in [0, 0.1) is 0 Å². The maximum absolute atomic E-state index is 12.6. The lowest BCUT2D eigenvalue weighted by atomic mass is 10.1. The van der Waals surface area contributed by atoms with Crippen molar-refractivity contribution in [3.63, 3.8) is 0 Å². The van der Waals surface area contributed by atoms with Crippen molar-refractivity contribution in [2.75, 3.05) is 36.4 Å². The molecule has 0 radical (unpaired) electrons. The van der Waals surface area contributed by atoms with Gasteiger partial charge >= 0.3 is 12.1 Å². The van der Waals surface area contributed by atoms with Crippen LogP contribution in [0.1, 0.15) is 5.56 Å². The van der Waals surface area contributed by atoms with E-state index in [0.29, 0.717) is 30.2 Å². The molecule has 2 saturated heterocycles. The molecule has 2 aromatic carbocycles. The van der Waals surface area contributed by atoms with Crippen LogP contribution in [-0.2, 0) is 11.2 Å². The molecule has 156 valence electrons. The van der Waals surface area contributed by atoms with Crippen molar-refractivity contribution in [2.45, 2.75) is 12.5 Å². The second-order valence-electron chi connectivity index (χ2n) is 7.30. The molecule has 9 heteroatoms. The molecular formula is C21H22ClN5O3. The monoisotopic (exact) mass is 427 g/mol. The second kappa shape index (κ2) is 8.62. The molecule has 0 aromatic heterocycles. The molecule has 30 heavy (non-hydrogen) atoms. The Kier molecular flexibility index (Phi) is 5.76. The number of carbonyl (C=O) groups excluding carboxylic acids is 3. The Hall–Kier alpha value is -3.26. The van der Waals surface area contributed by atoms with Crippen molar-refractivity contribution in [2.24, 2.45) is 0 Å². The van der Waals surface area contributed by atoms with Crippen LogP contribution in [0.5, 0.6) is 0 Å². The predicted octanol–water partition coefficient (Wildman–Crippen LogP) is 2.44. The second-order valence-corrected chi connectivity index (χ2v) is 7.74. The van der Waals surface area contributed by atoms with Crippen molar-refractivity contribution < 1.29 is 14.4 Å². The van der Waals surface area contributed by atoms with Crippen LogP contribution < -0.4 is 20.9 Å². The van der Waals surface area contributed by atoms with E-state index in [9.17, 15) is 14.4 Å². The number of hydrogen-bond donors (Lipinski definition) is 3. The molecule has 3 N–H and O–H groups in total. The highest BCUT2D eigenvalue weighted by Crippen LogP contribution is 2.21. The molecule has 0 spiro atoms. The molecule has 2 heterocycles. The summed E-state index contributed by atoms with van der Waals surface area (Å²) in [6.45, 7) is 2.71. The summed E-state index contributed by atoms with van der Waals surface area (Å²) >= 11 is 6.07. The number of carbonyl (C=O) groups is 3. The topological polar surface area (TPSA) is 93.8 Å². The molecule has 0 unspecified atom stereocenters. The van der Waals surface area contributed by atoms with Crippen molar-refractivity contribution in [1.82, 2.24) is 15.5 Å². The predicted molar refractivity (Wildman–Crippen MR) is 115 cm³/mol. The Morgan fingerprint density at radius 3 is 2.43 bits per heavy atom. The van der Waals surface area contributed by atoms with Gasteiger partial charge in [0.25, 0.3) is 5.91 Å². The van der Waals surface area contributed by atoms with Crippen molar-refractivity contribution in [3.8, 4) is 0 Å². The van der Waals surface area contributed by atoms with Crippen LogP contribution in [0.4, 0.5) is 21.0 Å². The van der Waals surface area contributed by atoms with E-state index in [1.165, 1.54) is 0 Å². The van der Waals surface area contributed by atoms with E-state index in [2.05, 4.69) is 20.9 Å². The first-order valence-corrected chi connectivity index (χ1v) is 10.1. The minimum atomic E-state index is -0.561. The van der Waals surface area contributed by atoms with Crippen LogP contribution in [0.2, 0.25) is 5.02 Å². The first-order valence-electron chi connectivity index (χ1n) is 9.75. The summed E-state index contributed by atoms with van der Waals surface area (Å²) in [6.07, 6.45) is 0.400. The summed E-state index contributed by atoms with van der Waals surface area (Å²) in [7, 11) is 0. The van der Waals surface area contributed by atoms with Crippen LogP contribution in [0.15, 0.2) is 48.5 Å². The molecule has 0 saturated carbocycles. The molecule has 0 bridgehead atoms. The minimum Gasteiger partial charge on any atom is -0.368 e. The third-order valence-electron chi connectivity index (χ3n) is 5.24. The fourth-order valence-electron chi connectivity index (χ4n) is 3.61. The fraction of sp³-hybridized carbons (Fsp3) is 0.286. The number of imide groups is 1. The summed E-state index contributed by atoms with van der Waals surface area (Å²) in [5.41, 5.74) is 2.64. The van der Waals surface area contributed by atoms with E-state index < -0.39 is 12.1 Å². The van der Waals surface area contributed by atoms with Gasteiger partial charge in [-0.2, -0.15) is 0 Å². The average molecular weight is 428 g/mol. The van der Waals surface area contributed by atoms with Gasteiger partial charge < -0.3 is 20.4 Å². The third kappa shape index (κ3) is 4.65. The van der Waals surface area contributed by atoms with Gasteiger partial charge in [-0.1, -0.05) is 29.8 Å². The van der Waals surface area contributed by atoms with E-state index in [1.54, 1.807) is 17.0 Å². The number of nitrogens with one attached hydrogen (secondary N) is 3. The largest absolute Gasteiger partial charge is 0.368 e. The van der Waals surface area contributed by atoms with E-state index in [-0.39, 0.29) is 11.9 Å². The lowest BCUT2D eigenvalue weighted by Crippen LogP contribution is -2.50. The Labute approximate surface area is 179 Å².